The van der Waals surface area contributed by atoms with E-state index in [1.165, 1.54) is 0 Å². The fourth-order valence-corrected chi connectivity index (χ4v) is 2.59. The van der Waals surface area contributed by atoms with Crippen molar-refractivity contribution in [3.05, 3.63) is 34.9 Å². The third-order valence-corrected chi connectivity index (χ3v) is 4.50. The molecule has 1 atom stereocenters. The molecule has 2 rings (SSSR count). The van der Waals surface area contributed by atoms with E-state index in [9.17, 15) is 4.79 Å². The molecule has 0 aromatic heterocycles. The Hall–Kier alpha value is -0.670. The lowest BCUT2D eigenvalue weighted by Gasteiger charge is -2.17. The van der Waals surface area contributed by atoms with Gasteiger partial charge >= 0.3 is 0 Å². The monoisotopic (exact) mass is 283 g/mol. The zero-order chi connectivity index (χ0) is 13.2. The standard InChI is InChI=1S/C14H18ClNOS/c1-10(11-2-4-12(15)5-3-11)16-13(17)8-14(9-18)6-7-14/h2-5,10,18H,6-9H2,1H3,(H,16,17). The van der Waals surface area contributed by atoms with Crippen LogP contribution in [0, 0.1) is 5.41 Å². The quantitative estimate of drug-likeness (QED) is 0.794. The van der Waals surface area contributed by atoms with Crippen LogP contribution < -0.4 is 5.32 Å². The summed E-state index contributed by atoms with van der Waals surface area (Å²) in [4.78, 5) is 11.9. The van der Waals surface area contributed by atoms with Gasteiger partial charge in [-0.15, -0.1) is 0 Å². The maximum atomic E-state index is 11.9. The second-order valence-electron chi connectivity index (χ2n) is 5.18. The molecule has 1 aromatic rings. The minimum absolute atomic E-state index is 0.0190. The maximum Gasteiger partial charge on any atom is 0.221 e. The molecular formula is C14H18ClNOS. The highest BCUT2D eigenvalue weighted by Gasteiger charge is 2.42. The van der Waals surface area contributed by atoms with Crippen LogP contribution in [0.5, 0.6) is 0 Å². The molecular weight excluding hydrogens is 266 g/mol. The number of hydrogen-bond acceptors (Lipinski definition) is 2. The number of nitrogens with one attached hydrogen (secondary N) is 1. The van der Waals surface area contributed by atoms with Crippen LogP contribution in [0.2, 0.25) is 5.02 Å². The summed E-state index contributed by atoms with van der Waals surface area (Å²) in [5.41, 5.74) is 1.25. The molecule has 4 heteroatoms. The number of amides is 1. The van der Waals surface area contributed by atoms with Crippen LogP contribution in [0.25, 0.3) is 0 Å². The molecule has 0 radical (unpaired) electrons. The first-order valence-corrected chi connectivity index (χ1v) is 7.21. The van der Waals surface area contributed by atoms with Crippen molar-refractivity contribution in [1.82, 2.24) is 5.32 Å². The minimum Gasteiger partial charge on any atom is -0.350 e. The van der Waals surface area contributed by atoms with E-state index in [2.05, 4.69) is 17.9 Å². The van der Waals surface area contributed by atoms with Crippen LogP contribution in [0.3, 0.4) is 0 Å². The summed E-state index contributed by atoms with van der Waals surface area (Å²) in [5, 5.41) is 3.74. The number of carbonyl (C=O) groups excluding carboxylic acids is 1. The summed E-state index contributed by atoms with van der Waals surface area (Å²) >= 11 is 10.2. The number of carbonyl (C=O) groups is 1. The van der Waals surface area contributed by atoms with Crippen molar-refractivity contribution in [2.45, 2.75) is 32.2 Å². The summed E-state index contributed by atoms with van der Waals surface area (Å²) in [7, 11) is 0. The lowest BCUT2D eigenvalue weighted by atomic mass is 10.0. The Morgan fingerprint density at radius 2 is 2.06 bits per heavy atom. The first kappa shape index (κ1) is 13.8. The van der Waals surface area contributed by atoms with Crippen molar-refractivity contribution in [1.29, 1.82) is 0 Å². The number of halogens is 1. The van der Waals surface area contributed by atoms with Gasteiger partial charge in [-0.05, 0) is 48.6 Å². The third-order valence-electron chi connectivity index (χ3n) is 3.58. The number of rotatable bonds is 5. The molecule has 1 aromatic carbocycles. The van der Waals surface area contributed by atoms with E-state index >= 15 is 0 Å². The van der Waals surface area contributed by atoms with Gasteiger partial charge in [0.15, 0.2) is 0 Å². The van der Waals surface area contributed by atoms with Crippen molar-refractivity contribution >= 4 is 30.1 Å². The van der Waals surface area contributed by atoms with Gasteiger partial charge in [-0.3, -0.25) is 4.79 Å². The Kier molecular flexibility index (Phi) is 4.23. The zero-order valence-electron chi connectivity index (χ0n) is 10.4. The van der Waals surface area contributed by atoms with E-state index in [1.807, 2.05) is 31.2 Å². The molecule has 18 heavy (non-hydrogen) atoms. The number of thiol groups is 1. The van der Waals surface area contributed by atoms with E-state index in [0.717, 1.165) is 24.2 Å². The fourth-order valence-electron chi connectivity index (χ4n) is 2.04. The summed E-state index contributed by atoms with van der Waals surface area (Å²) in [6.45, 7) is 1.99. The molecule has 0 heterocycles. The van der Waals surface area contributed by atoms with Gasteiger partial charge in [0.25, 0.3) is 0 Å². The molecule has 2 nitrogen and oxygen atoms in total. The molecule has 0 aliphatic heterocycles. The van der Waals surface area contributed by atoms with Crippen LogP contribution >= 0.6 is 24.2 Å². The van der Waals surface area contributed by atoms with Gasteiger partial charge < -0.3 is 5.32 Å². The van der Waals surface area contributed by atoms with Crippen LogP contribution in [-0.2, 0) is 4.79 Å². The predicted molar refractivity (Wildman–Crippen MR) is 78.1 cm³/mol. The average molecular weight is 284 g/mol. The molecule has 98 valence electrons. The van der Waals surface area contributed by atoms with E-state index in [1.54, 1.807) is 0 Å². The fraction of sp³-hybridized carbons (Fsp3) is 0.500. The van der Waals surface area contributed by atoms with Gasteiger partial charge in [0, 0.05) is 11.4 Å². The molecule has 1 amide bonds. The van der Waals surface area contributed by atoms with Gasteiger partial charge in [-0.1, -0.05) is 23.7 Å². The van der Waals surface area contributed by atoms with Gasteiger partial charge in [0.2, 0.25) is 5.91 Å². The summed E-state index contributed by atoms with van der Waals surface area (Å²) in [6.07, 6.45) is 2.84. The summed E-state index contributed by atoms with van der Waals surface area (Å²) in [5.74, 6) is 0.916. The van der Waals surface area contributed by atoms with Crippen molar-refractivity contribution in [2.24, 2.45) is 5.41 Å². The molecule has 1 aliphatic rings. The molecule has 1 aliphatic carbocycles. The van der Waals surface area contributed by atoms with E-state index in [0.29, 0.717) is 11.4 Å². The van der Waals surface area contributed by atoms with Gasteiger partial charge in [0.05, 0.1) is 6.04 Å². The molecule has 1 N–H and O–H groups in total. The molecule has 1 fully saturated rings. The lowest BCUT2D eigenvalue weighted by molar-refractivity contribution is -0.122. The van der Waals surface area contributed by atoms with Crippen molar-refractivity contribution in [3.8, 4) is 0 Å². The normalized spacial score (nSPS) is 18.2. The number of benzene rings is 1. The molecule has 1 unspecified atom stereocenters. The molecule has 1 saturated carbocycles. The predicted octanol–water partition coefficient (Wildman–Crippen LogP) is 3.62. The summed E-state index contributed by atoms with van der Waals surface area (Å²) < 4.78 is 0. The molecule has 0 spiro atoms. The highest BCUT2D eigenvalue weighted by Crippen LogP contribution is 2.49. The number of hydrogen-bond donors (Lipinski definition) is 2. The van der Waals surface area contributed by atoms with Crippen LogP contribution in [-0.4, -0.2) is 11.7 Å². The zero-order valence-corrected chi connectivity index (χ0v) is 12.1. The van der Waals surface area contributed by atoms with Crippen LogP contribution in [0.15, 0.2) is 24.3 Å². The lowest BCUT2D eigenvalue weighted by Crippen LogP contribution is -2.29. The van der Waals surface area contributed by atoms with E-state index < -0.39 is 0 Å². The van der Waals surface area contributed by atoms with Gasteiger partial charge in [-0.25, -0.2) is 0 Å². The molecule has 0 bridgehead atoms. The van der Waals surface area contributed by atoms with Crippen LogP contribution in [0.1, 0.15) is 37.8 Å². The molecule has 0 saturated heterocycles. The Morgan fingerprint density at radius 1 is 1.44 bits per heavy atom. The highest BCUT2D eigenvalue weighted by atomic mass is 35.5. The van der Waals surface area contributed by atoms with Gasteiger partial charge in [0.1, 0.15) is 0 Å². The second-order valence-corrected chi connectivity index (χ2v) is 5.93. The highest BCUT2D eigenvalue weighted by molar-refractivity contribution is 7.80. The van der Waals surface area contributed by atoms with Crippen LogP contribution in [0.4, 0.5) is 0 Å². The summed E-state index contributed by atoms with van der Waals surface area (Å²) in [6, 6.07) is 7.59. The Labute approximate surface area is 119 Å². The first-order chi connectivity index (χ1) is 8.54. The Balaban J connectivity index is 1.89. The van der Waals surface area contributed by atoms with Crippen molar-refractivity contribution < 1.29 is 4.79 Å². The largest absolute Gasteiger partial charge is 0.350 e. The smallest absolute Gasteiger partial charge is 0.221 e. The van der Waals surface area contributed by atoms with E-state index in [-0.39, 0.29) is 17.4 Å². The topological polar surface area (TPSA) is 29.1 Å². The second kappa shape index (κ2) is 5.54. The SMILES string of the molecule is CC(NC(=O)CC1(CS)CC1)c1ccc(Cl)cc1. The van der Waals surface area contributed by atoms with E-state index in [4.69, 9.17) is 11.6 Å². The van der Waals surface area contributed by atoms with Gasteiger partial charge in [-0.2, -0.15) is 12.6 Å². The Bertz CT molecular complexity index is 428. The Morgan fingerprint density at radius 3 is 2.56 bits per heavy atom. The third kappa shape index (κ3) is 3.42. The van der Waals surface area contributed by atoms with Crippen molar-refractivity contribution in [2.75, 3.05) is 5.75 Å². The minimum atomic E-state index is 0.0190. The average Bonchev–Trinajstić information content (AvgIpc) is 3.10. The maximum absolute atomic E-state index is 11.9. The first-order valence-electron chi connectivity index (χ1n) is 6.20. The van der Waals surface area contributed by atoms with Crippen molar-refractivity contribution in [3.63, 3.8) is 0 Å².